The van der Waals surface area contributed by atoms with Gasteiger partial charge in [0.15, 0.2) is 0 Å². The van der Waals surface area contributed by atoms with Crippen molar-refractivity contribution in [3.8, 4) is 0 Å². The first-order chi connectivity index (χ1) is 39.1. The minimum atomic E-state index is -3.66. The number of aromatic nitrogens is 1. The summed E-state index contributed by atoms with van der Waals surface area (Å²) in [6, 6.07) is 78.0. The molecule has 400 valence electrons. The van der Waals surface area contributed by atoms with Gasteiger partial charge in [-0.1, -0.05) is 91.0 Å². The van der Waals surface area contributed by atoms with Crippen molar-refractivity contribution in [1.82, 2.24) is 15.2 Å². The van der Waals surface area contributed by atoms with Crippen LogP contribution in [0.3, 0.4) is 0 Å². The van der Waals surface area contributed by atoms with Crippen molar-refractivity contribution in [2.24, 2.45) is 5.16 Å². The summed E-state index contributed by atoms with van der Waals surface area (Å²) in [6.45, 7) is -3.38. The van der Waals surface area contributed by atoms with Gasteiger partial charge in [0, 0.05) is 0 Å². The fourth-order valence-corrected chi connectivity index (χ4v) is 21.9. The quantitative estimate of drug-likeness (QED) is 0.0156. The first-order valence-corrected chi connectivity index (χ1v) is 32.8. The van der Waals surface area contributed by atoms with Gasteiger partial charge in [-0.05, 0) is 16.7 Å². The number of amides is 2. The number of β-lactam (4-membered cyclic amide) rings is 1. The number of nitrogens with one attached hydrogen (secondary N) is 2. The third-order valence-corrected chi connectivity index (χ3v) is 27.7. The molecular weight excluding hydrogens is 1180 g/mol. The normalized spacial score (nSPS) is 16.0. The Morgan fingerprint density at radius 2 is 1.09 bits per heavy atom. The Kier molecular flexibility index (Phi) is 15.9. The van der Waals surface area contributed by atoms with E-state index in [2.05, 4.69) is 79.1 Å². The van der Waals surface area contributed by atoms with E-state index in [-0.39, 0.29) is 17.1 Å². The Bertz CT molecular complexity index is 3450. The van der Waals surface area contributed by atoms with E-state index in [0.717, 1.165) is 55.1 Å². The van der Waals surface area contributed by atoms with Gasteiger partial charge in [0.1, 0.15) is 5.54 Å². The summed E-state index contributed by atoms with van der Waals surface area (Å²) in [5, 5.41) is 14.3. The molecule has 0 unspecified atom stereocenters. The van der Waals surface area contributed by atoms with E-state index in [0.29, 0.717) is 16.9 Å². The van der Waals surface area contributed by atoms with E-state index in [1.54, 1.807) is 0 Å². The van der Waals surface area contributed by atoms with E-state index < -0.39 is 57.4 Å². The number of carbonyl (C=O) groups excluding carboxylic acids is 3. The zero-order valence-electron chi connectivity index (χ0n) is 42.7. The number of hydrogen-bond acceptors (Lipinski definition) is 10. The first-order valence-electron chi connectivity index (χ1n) is 25.7. The molecule has 0 bridgehead atoms. The molecule has 2 atom stereocenters. The number of thioether (sulfide) groups is 1. The molecule has 9 aromatic rings. The number of anilines is 1. The SMILES string of the molecule is O=C(OC(c1ccccc1)c1ccccc1)C1=C(CP(I)(c2ccccc2)(c2ccccc2)c2ccccc2)CS[C@@H]2[C@H](NC(=O)/C(=N\OC(F)F)c3csc(NC(c4ccccc4)(c4ccccc4)c4ccccc4)n3)C(=O)N12. The third-order valence-electron chi connectivity index (χ3n) is 14.4. The van der Waals surface area contributed by atoms with Crippen LogP contribution in [0.5, 0.6) is 0 Å². The summed E-state index contributed by atoms with van der Waals surface area (Å²) in [5.74, 6) is -2.03. The molecule has 2 amide bonds. The number of esters is 1. The number of fused-ring (bicyclic) bond motifs is 1. The molecule has 2 aliphatic heterocycles. The molecule has 0 spiro atoms. The Morgan fingerprint density at radius 3 is 1.52 bits per heavy atom. The second-order valence-electron chi connectivity index (χ2n) is 19.1. The molecule has 1 fully saturated rings. The molecular formula is C64H51F2IN5O5PS2. The molecule has 2 aliphatic rings. The topological polar surface area (TPSA) is 122 Å². The van der Waals surface area contributed by atoms with E-state index in [1.165, 1.54) is 22.0 Å². The fraction of sp³-hybridized carbons (Fsp3) is 0.109. The van der Waals surface area contributed by atoms with Gasteiger partial charge in [-0.15, -0.1) is 0 Å². The summed E-state index contributed by atoms with van der Waals surface area (Å²) in [7, 11) is 0. The van der Waals surface area contributed by atoms with Crippen molar-refractivity contribution < 1.29 is 32.7 Å². The number of alkyl halides is 2. The van der Waals surface area contributed by atoms with Crippen molar-refractivity contribution in [1.29, 1.82) is 0 Å². The van der Waals surface area contributed by atoms with Crippen LogP contribution in [0.2, 0.25) is 0 Å². The first kappa shape index (κ1) is 54.2. The van der Waals surface area contributed by atoms with Crippen molar-refractivity contribution in [3.05, 3.63) is 293 Å². The molecule has 11 rings (SSSR count). The zero-order chi connectivity index (χ0) is 55.1. The van der Waals surface area contributed by atoms with Crippen LogP contribution in [0, 0.1) is 0 Å². The van der Waals surface area contributed by atoms with Crippen molar-refractivity contribution in [3.63, 3.8) is 0 Å². The summed E-state index contributed by atoms with van der Waals surface area (Å²) in [5.41, 5.74) is 3.23. The van der Waals surface area contributed by atoms with Gasteiger partial charge < -0.3 is 5.32 Å². The van der Waals surface area contributed by atoms with Crippen molar-refractivity contribution in [2.75, 3.05) is 17.2 Å². The zero-order valence-corrected chi connectivity index (χ0v) is 47.4. The van der Waals surface area contributed by atoms with Crippen LogP contribution in [0.25, 0.3) is 0 Å². The molecule has 0 saturated carbocycles. The number of benzene rings is 8. The molecule has 0 aliphatic carbocycles. The van der Waals surface area contributed by atoms with E-state index in [1.807, 2.05) is 206 Å². The monoisotopic (exact) mass is 1230 g/mol. The van der Waals surface area contributed by atoms with E-state index >= 15 is 9.59 Å². The van der Waals surface area contributed by atoms with Crippen LogP contribution in [0.1, 0.15) is 39.6 Å². The van der Waals surface area contributed by atoms with Crippen molar-refractivity contribution >= 4 is 93.9 Å². The molecule has 3 heterocycles. The summed E-state index contributed by atoms with van der Waals surface area (Å²) in [4.78, 5) is 56.0. The molecule has 2 N–H and O–H groups in total. The molecule has 0 radical (unpaired) electrons. The van der Waals surface area contributed by atoms with Crippen molar-refractivity contribution in [2.45, 2.75) is 29.7 Å². The number of oxime groups is 1. The minimum absolute atomic E-state index is 0.0749. The second kappa shape index (κ2) is 23.5. The second-order valence-corrected chi connectivity index (χ2v) is 31.7. The fourth-order valence-electron chi connectivity index (χ4n) is 10.7. The molecule has 1 aromatic heterocycles. The average molecular weight is 1230 g/mol. The van der Waals surface area contributed by atoms with Crippen LogP contribution in [-0.2, 0) is 29.5 Å². The van der Waals surface area contributed by atoms with Gasteiger partial charge in [-0.2, -0.15) is 8.78 Å². The summed E-state index contributed by atoms with van der Waals surface area (Å²) in [6.07, 6.45) is -0.506. The Balaban J connectivity index is 0.968. The van der Waals surface area contributed by atoms with Gasteiger partial charge in [-0.3, -0.25) is 0 Å². The molecule has 80 heavy (non-hydrogen) atoms. The molecule has 10 nitrogen and oxygen atoms in total. The Morgan fingerprint density at radius 1 is 0.662 bits per heavy atom. The number of nitrogens with zero attached hydrogens (tertiary/aromatic N) is 3. The average Bonchev–Trinajstić information content (AvgIpc) is 3.99. The predicted octanol–water partition coefficient (Wildman–Crippen LogP) is 12.4. The Hall–Kier alpha value is -7.82. The summed E-state index contributed by atoms with van der Waals surface area (Å²) < 4.78 is 30.8. The molecule has 1 saturated heterocycles. The molecule has 8 aromatic carbocycles. The number of halogens is 3. The number of thiazole rings is 1. The maximum atomic E-state index is 15.6. The number of ether oxygens (including phenoxy) is 1. The van der Waals surface area contributed by atoms with Gasteiger partial charge in [0.25, 0.3) is 0 Å². The standard InChI is InChI=1S/C64H51F2IN5O5PS2/c65-62(66)77-71-54(53-43-80-63(68-53)70-64(47-29-13-3-14-30-47,48-31-15-4-16-32-48)49-33-17-5-18-34-49)58(73)69-55-59(74)72-56(61(75)76-57(44-25-9-1-10-26-44)45-27-11-2-12-28-45)46(42-79-60(55)72)41-78(67,50-35-19-6-20-36-50,51-37-21-7-22-38-51)52-39-23-8-24-40-52/h1-40,43,55,57,60,62H,41-42H2,(H,68,70)(H,69,73)/b71-54-/t55-,60-/m1/s1. The third kappa shape index (κ3) is 10.3. The number of hydrogen-bond donors (Lipinski definition) is 2. The van der Waals surface area contributed by atoms with Crippen LogP contribution >= 0.6 is 49.4 Å². The van der Waals surface area contributed by atoms with Gasteiger partial charge in [0.05, 0.1) is 0 Å². The van der Waals surface area contributed by atoms with Crippen LogP contribution in [0.4, 0.5) is 13.9 Å². The predicted molar refractivity (Wildman–Crippen MR) is 325 cm³/mol. The van der Waals surface area contributed by atoms with Crippen LogP contribution in [0.15, 0.2) is 264 Å². The van der Waals surface area contributed by atoms with Gasteiger partial charge >= 0.3 is 359 Å². The van der Waals surface area contributed by atoms with E-state index in [4.69, 9.17) is 9.72 Å². The molecule has 16 heteroatoms. The van der Waals surface area contributed by atoms with E-state index in [9.17, 15) is 13.6 Å². The van der Waals surface area contributed by atoms with Gasteiger partial charge in [-0.25, -0.2) is 0 Å². The van der Waals surface area contributed by atoms with Crippen LogP contribution < -0.4 is 26.5 Å². The number of rotatable bonds is 19. The van der Waals surface area contributed by atoms with Gasteiger partial charge in [0.2, 0.25) is 0 Å². The number of carbonyl (C=O) groups is 3. The Labute approximate surface area is 483 Å². The summed E-state index contributed by atoms with van der Waals surface area (Å²) >= 11 is 5.20. The maximum absolute atomic E-state index is 15.6. The van der Waals surface area contributed by atoms with Crippen LogP contribution in [-0.4, -0.2) is 63.3 Å².